The molecule has 0 fully saturated rings. The zero-order valence-corrected chi connectivity index (χ0v) is 12.9. The first-order valence-electron chi connectivity index (χ1n) is 7.22. The second-order valence-electron chi connectivity index (χ2n) is 5.58. The van der Waals surface area contributed by atoms with E-state index in [2.05, 4.69) is 48.3 Å². The Bertz CT molecular complexity index is 367. The molecule has 0 aliphatic carbocycles. The van der Waals surface area contributed by atoms with Crippen LogP contribution in [0.3, 0.4) is 0 Å². The first kappa shape index (κ1) is 15.8. The maximum absolute atomic E-state index is 10.2. The summed E-state index contributed by atoms with van der Waals surface area (Å²) in [7, 11) is 0. The Morgan fingerprint density at radius 1 is 1.16 bits per heavy atom. The molecule has 1 atom stereocenters. The van der Waals surface area contributed by atoms with Crippen molar-refractivity contribution in [3.8, 4) is 0 Å². The van der Waals surface area contributed by atoms with Gasteiger partial charge in [0.2, 0.25) is 0 Å². The lowest BCUT2D eigenvalue weighted by atomic mass is 9.92. The maximum Gasteiger partial charge on any atom is 0.0813 e. The lowest BCUT2D eigenvalue weighted by molar-refractivity contribution is 0.0266. The summed E-state index contributed by atoms with van der Waals surface area (Å²) in [6, 6.07) is 8.40. The number of hydrogen-bond donors (Lipinski definition) is 2. The van der Waals surface area contributed by atoms with Crippen LogP contribution in [0.1, 0.15) is 34.6 Å². The SMILES string of the molecule is CCN(CC)c1ccc(NCC(C)(O)C(C)C)cc1. The molecule has 19 heavy (non-hydrogen) atoms. The predicted molar refractivity (Wildman–Crippen MR) is 84.0 cm³/mol. The Kier molecular flexibility index (Phi) is 5.67. The van der Waals surface area contributed by atoms with E-state index in [0.717, 1.165) is 18.8 Å². The second kappa shape index (κ2) is 6.80. The first-order valence-corrected chi connectivity index (χ1v) is 7.22. The van der Waals surface area contributed by atoms with Crippen LogP contribution in [-0.4, -0.2) is 30.3 Å². The fourth-order valence-corrected chi connectivity index (χ4v) is 1.86. The standard InChI is InChI=1S/C16H28N2O/c1-6-18(7-2)15-10-8-14(9-11-15)17-12-16(5,19)13(3)4/h8-11,13,17,19H,6-7,12H2,1-5H3. The van der Waals surface area contributed by atoms with Gasteiger partial charge in [-0.3, -0.25) is 0 Å². The van der Waals surface area contributed by atoms with Crippen molar-refractivity contribution in [2.45, 2.75) is 40.2 Å². The van der Waals surface area contributed by atoms with Gasteiger partial charge in [-0.25, -0.2) is 0 Å². The van der Waals surface area contributed by atoms with Crippen molar-refractivity contribution in [1.82, 2.24) is 0 Å². The van der Waals surface area contributed by atoms with Crippen LogP contribution in [0.4, 0.5) is 11.4 Å². The highest BCUT2D eigenvalue weighted by Crippen LogP contribution is 2.20. The van der Waals surface area contributed by atoms with Crippen LogP contribution >= 0.6 is 0 Å². The summed E-state index contributed by atoms with van der Waals surface area (Å²) in [6.45, 7) is 12.9. The summed E-state index contributed by atoms with van der Waals surface area (Å²) in [5.74, 6) is 0.231. The average Bonchev–Trinajstić information content (AvgIpc) is 2.39. The van der Waals surface area contributed by atoms with Gasteiger partial charge in [-0.15, -0.1) is 0 Å². The van der Waals surface area contributed by atoms with Gasteiger partial charge in [-0.05, 0) is 51.0 Å². The molecule has 108 valence electrons. The summed E-state index contributed by atoms with van der Waals surface area (Å²) in [6.07, 6.45) is 0. The summed E-state index contributed by atoms with van der Waals surface area (Å²) < 4.78 is 0. The van der Waals surface area contributed by atoms with Crippen LogP contribution < -0.4 is 10.2 Å². The van der Waals surface area contributed by atoms with Crippen LogP contribution in [0.5, 0.6) is 0 Å². The largest absolute Gasteiger partial charge is 0.388 e. The van der Waals surface area contributed by atoms with Crippen LogP contribution in [0.25, 0.3) is 0 Å². The zero-order chi connectivity index (χ0) is 14.5. The van der Waals surface area contributed by atoms with Gasteiger partial charge in [-0.2, -0.15) is 0 Å². The minimum absolute atomic E-state index is 0.231. The number of nitrogens with zero attached hydrogens (tertiary/aromatic N) is 1. The third-order valence-corrected chi connectivity index (χ3v) is 3.89. The average molecular weight is 264 g/mol. The number of aliphatic hydroxyl groups is 1. The van der Waals surface area contributed by atoms with Crippen molar-refractivity contribution < 1.29 is 5.11 Å². The molecule has 2 N–H and O–H groups in total. The van der Waals surface area contributed by atoms with Crippen molar-refractivity contribution in [3.63, 3.8) is 0 Å². The molecule has 1 aromatic rings. The quantitative estimate of drug-likeness (QED) is 0.793. The fourth-order valence-electron chi connectivity index (χ4n) is 1.86. The van der Waals surface area contributed by atoms with Gasteiger partial charge in [-0.1, -0.05) is 13.8 Å². The summed E-state index contributed by atoms with van der Waals surface area (Å²) in [4.78, 5) is 2.31. The first-order chi connectivity index (χ1) is 8.90. The van der Waals surface area contributed by atoms with Gasteiger partial charge in [0.1, 0.15) is 0 Å². The minimum Gasteiger partial charge on any atom is -0.388 e. The van der Waals surface area contributed by atoms with E-state index in [1.807, 2.05) is 20.8 Å². The van der Waals surface area contributed by atoms with Crippen LogP contribution in [0, 0.1) is 5.92 Å². The fraction of sp³-hybridized carbons (Fsp3) is 0.625. The van der Waals surface area contributed by atoms with E-state index in [4.69, 9.17) is 0 Å². The van der Waals surface area contributed by atoms with E-state index < -0.39 is 5.60 Å². The van der Waals surface area contributed by atoms with E-state index in [9.17, 15) is 5.11 Å². The molecule has 1 unspecified atom stereocenters. The number of hydrogen-bond acceptors (Lipinski definition) is 3. The van der Waals surface area contributed by atoms with E-state index in [0.29, 0.717) is 6.54 Å². The zero-order valence-electron chi connectivity index (χ0n) is 12.9. The molecule has 0 spiro atoms. The molecular formula is C16H28N2O. The van der Waals surface area contributed by atoms with E-state index in [1.165, 1.54) is 5.69 Å². The molecule has 3 nitrogen and oxygen atoms in total. The minimum atomic E-state index is -0.683. The molecule has 0 saturated carbocycles. The molecule has 0 aromatic heterocycles. The van der Waals surface area contributed by atoms with Gasteiger partial charge in [0, 0.05) is 31.0 Å². The summed E-state index contributed by atoms with van der Waals surface area (Å²) >= 11 is 0. The normalized spacial score (nSPS) is 14.3. The Balaban J connectivity index is 2.62. The van der Waals surface area contributed by atoms with E-state index in [-0.39, 0.29) is 5.92 Å². The molecule has 0 heterocycles. The lowest BCUT2D eigenvalue weighted by Crippen LogP contribution is -2.38. The van der Waals surface area contributed by atoms with Crippen molar-refractivity contribution in [3.05, 3.63) is 24.3 Å². The van der Waals surface area contributed by atoms with Crippen molar-refractivity contribution in [1.29, 1.82) is 0 Å². The second-order valence-corrected chi connectivity index (χ2v) is 5.58. The van der Waals surface area contributed by atoms with E-state index in [1.54, 1.807) is 0 Å². The molecule has 3 heteroatoms. The Labute approximate surface area is 117 Å². The predicted octanol–water partition coefficient (Wildman–Crippen LogP) is 3.35. The molecule has 0 radical (unpaired) electrons. The molecule has 1 rings (SSSR count). The number of anilines is 2. The molecule has 0 saturated heterocycles. The van der Waals surface area contributed by atoms with Gasteiger partial charge >= 0.3 is 0 Å². The molecule has 0 amide bonds. The van der Waals surface area contributed by atoms with Crippen LogP contribution in [-0.2, 0) is 0 Å². The van der Waals surface area contributed by atoms with Crippen molar-refractivity contribution >= 4 is 11.4 Å². The molecule has 1 aromatic carbocycles. The Hall–Kier alpha value is -1.22. The lowest BCUT2D eigenvalue weighted by Gasteiger charge is -2.28. The Morgan fingerprint density at radius 3 is 2.11 bits per heavy atom. The van der Waals surface area contributed by atoms with E-state index >= 15 is 0 Å². The smallest absolute Gasteiger partial charge is 0.0813 e. The molecular weight excluding hydrogens is 236 g/mol. The highest BCUT2D eigenvalue weighted by molar-refractivity contribution is 5.55. The number of benzene rings is 1. The highest BCUT2D eigenvalue weighted by Gasteiger charge is 2.24. The molecule has 0 aliphatic rings. The third-order valence-electron chi connectivity index (χ3n) is 3.89. The highest BCUT2D eigenvalue weighted by atomic mass is 16.3. The van der Waals surface area contributed by atoms with Crippen LogP contribution in [0.2, 0.25) is 0 Å². The van der Waals surface area contributed by atoms with Gasteiger partial charge in [0.15, 0.2) is 0 Å². The van der Waals surface area contributed by atoms with Crippen molar-refractivity contribution in [2.75, 3.05) is 29.9 Å². The summed E-state index contributed by atoms with van der Waals surface area (Å²) in [5.41, 5.74) is 1.61. The van der Waals surface area contributed by atoms with Gasteiger partial charge in [0.25, 0.3) is 0 Å². The third kappa shape index (κ3) is 4.43. The summed E-state index contributed by atoms with van der Waals surface area (Å²) in [5, 5.41) is 13.5. The van der Waals surface area contributed by atoms with Crippen molar-refractivity contribution in [2.24, 2.45) is 5.92 Å². The van der Waals surface area contributed by atoms with Crippen LogP contribution in [0.15, 0.2) is 24.3 Å². The number of nitrogens with one attached hydrogen (secondary N) is 1. The maximum atomic E-state index is 10.2. The molecule has 0 aliphatic heterocycles. The van der Waals surface area contributed by atoms with Gasteiger partial charge in [0.05, 0.1) is 5.60 Å². The topological polar surface area (TPSA) is 35.5 Å². The van der Waals surface area contributed by atoms with Gasteiger partial charge < -0.3 is 15.3 Å². The number of rotatable bonds is 7. The Morgan fingerprint density at radius 2 is 1.68 bits per heavy atom. The molecule has 0 bridgehead atoms. The monoisotopic (exact) mass is 264 g/mol.